The summed E-state index contributed by atoms with van der Waals surface area (Å²) in [4.78, 5) is 11.4. The second kappa shape index (κ2) is 4.47. The van der Waals surface area contributed by atoms with Crippen LogP contribution in [0, 0.1) is 5.41 Å². The summed E-state index contributed by atoms with van der Waals surface area (Å²) >= 11 is 0. The van der Waals surface area contributed by atoms with Crippen molar-refractivity contribution in [1.29, 1.82) is 0 Å². The van der Waals surface area contributed by atoms with E-state index in [9.17, 15) is 31.1 Å². The molecule has 0 spiro atoms. The van der Waals surface area contributed by atoms with Gasteiger partial charge in [0.1, 0.15) is 11.7 Å². The summed E-state index contributed by atoms with van der Waals surface area (Å²) in [5, 5.41) is 0. The molecule has 1 aliphatic rings. The van der Waals surface area contributed by atoms with Gasteiger partial charge in [-0.15, -0.1) is 0 Å². The number of hydrogen-bond donors (Lipinski definition) is 0. The van der Waals surface area contributed by atoms with Gasteiger partial charge in [0, 0.05) is 0 Å². The second-order valence-electron chi connectivity index (χ2n) is 4.16. The van der Waals surface area contributed by atoms with E-state index in [0.717, 1.165) is 4.90 Å². The lowest BCUT2D eigenvalue weighted by molar-refractivity contribution is -0.228. The molecule has 1 saturated heterocycles. The van der Waals surface area contributed by atoms with Crippen molar-refractivity contribution >= 4 is 6.29 Å². The van der Waals surface area contributed by atoms with Gasteiger partial charge in [0.25, 0.3) is 0 Å². The van der Waals surface area contributed by atoms with Crippen molar-refractivity contribution in [2.75, 3.05) is 19.6 Å². The van der Waals surface area contributed by atoms with Crippen LogP contribution in [0.5, 0.6) is 0 Å². The van der Waals surface area contributed by atoms with E-state index < -0.39 is 37.2 Å². The van der Waals surface area contributed by atoms with E-state index in [1.165, 1.54) is 0 Å². The molecule has 0 aliphatic carbocycles. The van der Waals surface area contributed by atoms with Gasteiger partial charge in [0.2, 0.25) is 0 Å². The molecule has 1 aliphatic heterocycles. The molecule has 0 aromatic rings. The maximum atomic E-state index is 12.6. The molecule has 1 rings (SSSR count). The molecule has 0 radical (unpaired) electrons. The molecule has 0 aromatic heterocycles. The van der Waals surface area contributed by atoms with Gasteiger partial charge in [-0.2, -0.15) is 26.3 Å². The van der Waals surface area contributed by atoms with E-state index in [1.54, 1.807) is 0 Å². The van der Waals surface area contributed by atoms with Crippen molar-refractivity contribution in [3.63, 3.8) is 0 Å². The highest BCUT2D eigenvalue weighted by Gasteiger charge is 2.56. The van der Waals surface area contributed by atoms with E-state index in [0.29, 0.717) is 0 Å². The lowest BCUT2D eigenvalue weighted by atomic mass is 9.79. The predicted molar refractivity (Wildman–Crippen MR) is 46.3 cm³/mol. The molecule has 0 bridgehead atoms. The van der Waals surface area contributed by atoms with E-state index in [1.807, 2.05) is 0 Å². The fourth-order valence-corrected chi connectivity index (χ4v) is 1.83. The first-order chi connectivity index (χ1) is 7.60. The Balaban J connectivity index is 2.63. The van der Waals surface area contributed by atoms with E-state index in [-0.39, 0.29) is 19.4 Å². The minimum Gasteiger partial charge on any atom is -0.302 e. The highest BCUT2D eigenvalue weighted by atomic mass is 19.4. The maximum Gasteiger partial charge on any atom is 0.401 e. The number of carbonyl (C=O) groups is 1. The topological polar surface area (TPSA) is 20.3 Å². The third kappa shape index (κ3) is 3.34. The standard InChI is InChI=1S/C9H11F6NO/c10-8(11,12)5-16-3-1-7(6-17,2-4-16)9(13,14)15/h6H,1-5H2. The number of likely N-dealkylation sites (tertiary alicyclic amines) is 1. The number of piperidine rings is 1. The summed E-state index contributed by atoms with van der Waals surface area (Å²) in [6.07, 6.45) is -10.5. The van der Waals surface area contributed by atoms with Crippen LogP contribution in [0.1, 0.15) is 12.8 Å². The molecule has 17 heavy (non-hydrogen) atoms. The molecule has 0 aromatic carbocycles. The van der Waals surface area contributed by atoms with Gasteiger partial charge in [-0.1, -0.05) is 0 Å². The molecule has 0 saturated carbocycles. The SMILES string of the molecule is O=CC1(C(F)(F)F)CCN(CC(F)(F)F)CC1. The van der Waals surface area contributed by atoms with Crippen molar-refractivity contribution in [3.05, 3.63) is 0 Å². The van der Waals surface area contributed by atoms with Gasteiger partial charge in [0.15, 0.2) is 0 Å². The number of carbonyl (C=O) groups excluding carboxylic acids is 1. The third-order valence-corrected chi connectivity index (χ3v) is 2.94. The Hall–Kier alpha value is -0.790. The second-order valence-corrected chi connectivity index (χ2v) is 4.16. The first kappa shape index (κ1) is 14.3. The molecule has 0 amide bonds. The number of aldehydes is 1. The summed E-state index contributed by atoms with van der Waals surface area (Å²) in [7, 11) is 0. The van der Waals surface area contributed by atoms with Crippen LogP contribution in [0.3, 0.4) is 0 Å². The highest BCUT2D eigenvalue weighted by Crippen LogP contribution is 2.44. The van der Waals surface area contributed by atoms with Gasteiger partial charge in [-0.05, 0) is 25.9 Å². The molecule has 8 heteroatoms. The van der Waals surface area contributed by atoms with Crippen LogP contribution in [0.4, 0.5) is 26.3 Å². The quantitative estimate of drug-likeness (QED) is 0.563. The molecular formula is C9H11F6NO. The van der Waals surface area contributed by atoms with Gasteiger partial charge in [0.05, 0.1) is 6.54 Å². The maximum absolute atomic E-state index is 12.6. The molecule has 2 nitrogen and oxygen atoms in total. The fourth-order valence-electron chi connectivity index (χ4n) is 1.83. The average molecular weight is 263 g/mol. The predicted octanol–water partition coefficient (Wildman–Crippen LogP) is 2.39. The Morgan fingerprint density at radius 2 is 1.53 bits per heavy atom. The van der Waals surface area contributed by atoms with Crippen molar-refractivity contribution in [2.24, 2.45) is 5.41 Å². The molecular weight excluding hydrogens is 252 g/mol. The van der Waals surface area contributed by atoms with Gasteiger partial charge in [-0.25, -0.2) is 0 Å². The number of rotatable bonds is 2. The van der Waals surface area contributed by atoms with Crippen molar-refractivity contribution in [1.82, 2.24) is 4.90 Å². The summed E-state index contributed by atoms with van der Waals surface area (Å²) in [5.74, 6) is 0. The third-order valence-electron chi connectivity index (χ3n) is 2.94. The number of alkyl halides is 6. The van der Waals surface area contributed by atoms with E-state index in [2.05, 4.69) is 0 Å². The van der Waals surface area contributed by atoms with Crippen LogP contribution in [0.25, 0.3) is 0 Å². The van der Waals surface area contributed by atoms with Crippen molar-refractivity contribution < 1.29 is 31.1 Å². The molecule has 0 atom stereocenters. The minimum absolute atomic E-state index is 0.183. The van der Waals surface area contributed by atoms with Crippen LogP contribution >= 0.6 is 0 Å². The molecule has 0 N–H and O–H groups in total. The lowest BCUT2D eigenvalue weighted by Crippen LogP contribution is -2.50. The van der Waals surface area contributed by atoms with Crippen molar-refractivity contribution in [2.45, 2.75) is 25.2 Å². The molecule has 100 valence electrons. The summed E-state index contributed by atoms with van der Waals surface area (Å²) in [6, 6.07) is 0. The first-order valence-corrected chi connectivity index (χ1v) is 4.92. The normalized spacial score (nSPS) is 22.5. The monoisotopic (exact) mass is 263 g/mol. The lowest BCUT2D eigenvalue weighted by Gasteiger charge is -2.39. The smallest absolute Gasteiger partial charge is 0.302 e. The number of nitrogens with zero attached hydrogens (tertiary/aromatic N) is 1. The Morgan fingerprint density at radius 1 is 1.06 bits per heavy atom. The Morgan fingerprint density at radius 3 is 1.82 bits per heavy atom. The number of hydrogen-bond acceptors (Lipinski definition) is 2. The van der Waals surface area contributed by atoms with E-state index >= 15 is 0 Å². The zero-order chi connectivity index (χ0) is 13.3. The van der Waals surface area contributed by atoms with E-state index in [4.69, 9.17) is 0 Å². The van der Waals surface area contributed by atoms with Crippen LogP contribution < -0.4 is 0 Å². The molecule has 1 heterocycles. The average Bonchev–Trinajstić information content (AvgIpc) is 2.15. The Kier molecular flexibility index (Phi) is 3.75. The van der Waals surface area contributed by atoms with Gasteiger partial charge < -0.3 is 4.79 Å². The highest BCUT2D eigenvalue weighted by molar-refractivity contribution is 5.61. The van der Waals surface area contributed by atoms with Crippen LogP contribution in [0.15, 0.2) is 0 Å². The summed E-state index contributed by atoms with van der Waals surface area (Å²) in [5.41, 5.74) is -2.48. The number of halogens is 6. The minimum atomic E-state index is -4.70. The Labute approximate surface area is 93.6 Å². The van der Waals surface area contributed by atoms with Crippen LogP contribution in [-0.2, 0) is 4.79 Å². The van der Waals surface area contributed by atoms with Crippen LogP contribution in [-0.4, -0.2) is 43.2 Å². The fraction of sp³-hybridized carbons (Fsp3) is 0.889. The molecule has 1 fully saturated rings. The molecule has 0 unspecified atom stereocenters. The van der Waals surface area contributed by atoms with Gasteiger partial charge in [-0.3, -0.25) is 4.90 Å². The first-order valence-electron chi connectivity index (χ1n) is 4.92. The summed E-state index contributed by atoms with van der Waals surface area (Å²) < 4.78 is 73.8. The Bertz CT molecular complexity index is 276. The zero-order valence-corrected chi connectivity index (χ0v) is 8.74. The zero-order valence-electron chi connectivity index (χ0n) is 8.74. The largest absolute Gasteiger partial charge is 0.401 e. The van der Waals surface area contributed by atoms with Crippen molar-refractivity contribution in [3.8, 4) is 0 Å². The van der Waals surface area contributed by atoms with Crippen LogP contribution in [0.2, 0.25) is 0 Å². The summed E-state index contributed by atoms with van der Waals surface area (Å²) in [6.45, 7) is -1.99. The van der Waals surface area contributed by atoms with Gasteiger partial charge >= 0.3 is 12.4 Å².